The molecule has 0 radical (unpaired) electrons. The molecule has 4 nitrogen and oxygen atoms in total. The van der Waals surface area contributed by atoms with Crippen molar-refractivity contribution in [3.8, 4) is 0 Å². The SMILES string of the molecule is C=C(CC(=O)O)C(=O)OCCC(C)C.CCC. The average Bonchev–Trinajstić information content (AvgIpc) is 2.16. The van der Waals surface area contributed by atoms with Crippen LogP contribution in [0.5, 0.6) is 0 Å². The van der Waals surface area contributed by atoms with Crippen molar-refractivity contribution in [3.63, 3.8) is 0 Å². The molecular weight excluding hydrogens is 220 g/mol. The fourth-order valence-corrected chi connectivity index (χ4v) is 0.744. The molecule has 0 spiro atoms. The number of carboxylic acid groups (broad SMARTS) is 1. The summed E-state index contributed by atoms with van der Waals surface area (Å²) in [7, 11) is 0. The molecule has 0 rings (SSSR count). The fraction of sp³-hybridized carbons (Fsp3) is 0.692. The molecule has 0 fully saturated rings. The number of aliphatic carboxylic acids is 1. The van der Waals surface area contributed by atoms with Gasteiger partial charge in [-0.25, -0.2) is 4.79 Å². The second-order valence-corrected chi connectivity index (χ2v) is 4.20. The molecule has 1 N–H and O–H groups in total. The van der Waals surface area contributed by atoms with E-state index < -0.39 is 11.9 Å². The minimum atomic E-state index is -1.07. The van der Waals surface area contributed by atoms with Gasteiger partial charge in [0.15, 0.2) is 0 Å². The summed E-state index contributed by atoms with van der Waals surface area (Å²) in [5.41, 5.74) is -0.0127. The van der Waals surface area contributed by atoms with Gasteiger partial charge in [0.05, 0.1) is 13.0 Å². The summed E-state index contributed by atoms with van der Waals surface area (Å²) in [5.74, 6) is -1.24. The van der Waals surface area contributed by atoms with Crippen molar-refractivity contribution in [1.29, 1.82) is 0 Å². The maximum absolute atomic E-state index is 11.1. The van der Waals surface area contributed by atoms with Crippen molar-refractivity contribution in [2.45, 2.75) is 47.0 Å². The van der Waals surface area contributed by atoms with E-state index >= 15 is 0 Å². The molecule has 0 saturated heterocycles. The third-order valence-electron chi connectivity index (χ3n) is 1.58. The molecule has 4 heteroatoms. The van der Waals surface area contributed by atoms with Gasteiger partial charge in [0.1, 0.15) is 0 Å². The first-order valence-electron chi connectivity index (χ1n) is 5.91. The van der Waals surface area contributed by atoms with E-state index in [1.807, 2.05) is 13.8 Å². The van der Waals surface area contributed by atoms with Crippen molar-refractivity contribution >= 4 is 11.9 Å². The molecule has 0 bridgehead atoms. The Hall–Kier alpha value is -1.32. The van der Waals surface area contributed by atoms with Gasteiger partial charge in [0.25, 0.3) is 0 Å². The average molecular weight is 244 g/mol. The molecule has 100 valence electrons. The molecule has 0 heterocycles. The Morgan fingerprint density at radius 1 is 1.29 bits per heavy atom. The van der Waals surface area contributed by atoms with Crippen molar-refractivity contribution in [3.05, 3.63) is 12.2 Å². The van der Waals surface area contributed by atoms with Gasteiger partial charge in [-0.15, -0.1) is 0 Å². The van der Waals surface area contributed by atoms with Crippen molar-refractivity contribution in [2.24, 2.45) is 5.92 Å². The van der Waals surface area contributed by atoms with Gasteiger partial charge < -0.3 is 9.84 Å². The van der Waals surface area contributed by atoms with Crippen LogP contribution in [-0.4, -0.2) is 23.7 Å². The Morgan fingerprint density at radius 3 is 2.12 bits per heavy atom. The largest absolute Gasteiger partial charge is 0.481 e. The Kier molecular flexibility index (Phi) is 11.9. The zero-order chi connectivity index (χ0) is 13.8. The molecule has 0 atom stereocenters. The lowest BCUT2D eigenvalue weighted by Gasteiger charge is -2.06. The van der Waals surface area contributed by atoms with E-state index in [2.05, 4.69) is 20.4 Å². The van der Waals surface area contributed by atoms with Crippen LogP contribution < -0.4 is 0 Å². The minimum absolute atomic E-state index is 0.0127. The van der Waals surface area contributed by atoms with Gasteiger partial charge in [-0.3, -0.25) is 4.79 Å². The van der Waals surface area contributed by atoms with Gasteiger partial charge in [-0.1, -0.05) is 40.7 Å². The topological polar surface area (TPSA) is 63.6 Å². The zero-order valence-corrected chi connectivity index (χ0v) is 11.3. The van der Waals surface area contributed by atoms with Crippen molar-refractivity contribution in [1.82, 2.24) is 0 Å². The third-order valence-corrected chi connectivity index (χ3v) is 1.58. The summed E-state index contributed by atoms with van der Waals surface area (Å²) >= 11 is 0. The highest BCUT2D eigenvalue weighted by molar-refractivity contribution is 5.92. The van der Waals surface area contributed by atoms with Gasteiger partial charge in [-0.2, -0.15) is 0 Å². The van der Waals surface area contributed by atoms with E-state index in [-0.39, 0.29) is 12.0 Å². The van der Waals surface area contributed by atoms with Crippen LogP contribution in [-0.2, 0) is 14.3 Å². The lowest BCUT2D eigenvalue weighted by molar-refractivity contribution is -0.143. The summed E-state index contributed by atoms with van der Waals surface area (Å²) in [6.45, 7) is 11.9. The Morgan fingerprint density at radius 2 is 1.76 bits per heavy atom. The van der Waals surface area contributed by atoms with Crippen LogP contribution in [0.3, 0.4) is 0 Å². The lowest BCUT2D eigenvalue weighted by atomic mass is 10.1. The van der Waals surface area contributed by atoms with Crippen LogP contribution in [0.15, 0.2) is 12.2 Å². The number of carbonyl (C=O) groups is 2. The number of ether oxygens (including phenoxy) is 1. The summed E-state index contributed by atoms with van der Waals surface area (Å²) in [6, 6.07) is 0. The summed E-state index contributed by atoms with van der Waals surface area (Å²) in [6.07, 6.45) is 1.66. The minimum Gasteiger partial charge on any atom is -0.481 e. The first-order valence-corrected chi connectivity index (χ1v) is 5.91. The summed E-state index contributed by atoms with van der Waals surface area (Å²) < 4.78 is 4.81. The molecule has 0 aliphatic carbocycles. The maximum Gasteiger partial charge on any atom is 0.333 e. The maximum atomic E-state index is 11.1. The second-order valence-electron chi connectivity index (χ2n) is 4.20. The number of rotatable bonds is 6. The molecule has 0 unspecified atom stereocenters. The molecule has 0 aliphatic heterocycles. The smallest absolute Gasteiger partial charge is 0.333 e. The molecule has 0 aliphatic rings. The molecule has 0 saturated carbocycles. The van der Waals surface area contributed by atoms with Crippen LogP contribution >= 0.6 is 0 Å². The van der Waals surface area contributed by atoms with Crippen molar-refractivity contribution < 1.29 is 19.4 Å². The zero-order valence-electron chi connectivity index (χ0n) is 11.3. The van der Waals surface area contributed by atoms with Crippen LogP contribution in [0.4, 0.5) is 0 Å². The number of carboxylic acids is 1. The summed E-state index contributed by atoms with van der Waals surface area (Å²) in [5, 5.41) is 8.38. The molecule has 17 heavy (non-hydrogen) atoms. The van der Waals surface area contributed by atoms with E-state index in [4.69, 9.17) is 9.84 Å². The molecule has 0 aromatic rings. The van der Waals surface area contributed by atoms with Gasteiger partial charge in [0.2, 0.25) is 0 Å². The second kappa shape index (κ2) is 11.2. The predicted octanol–water partition coefficient (Wildman–Crippen LogP) is 3.02. The standard InChI is InChI=1S/C10H16O4.C3H8/c1-7(2)4-5-14-10(13)8(3)6-9(11)12;1-3-2/h7H,3-6H2,1-2H3,(H,11,12);3H2,1-2H3. The third kappa shape index (κ3) is 14.7. The van der Waals surface area contributed by atoms with Crippen LogP contribution in [0.25, 0.3) is 0 Å². The van der Waals surface area contributed by atoms with E-state index in [0.29, 0.717) is 12.5 Å². The predicted molar refractivity (Wildman–Crippen MR) is 67.8 cm³/mol. The normalized spacial score (nSPS) is 9.24. The molecule has 0 aromatic heterocycles. The number of esters is 1. The number of hydrogen-bond acceptors (Lipinski definition) is 3. The van der Waals surface area contributed by atoms with Gasteiger partial charge in [0, 0.05) is 5.57 Å². The first-order chi connectivity index (χ1) is 7.84. The van der Waals surface area contributed by atoms with E-state index in [1.54, 1.807) is 0 Å². The molecular formula is C13H24O4. The van der Waals surface area contributed by atoms with Crippen molar-refractivity contribution in [2.75, 3.05) is 6.61 Å². The van der Waals surface area contributed by atoms with E-state index in [0.717, 1.165) is 6.42 Å². The quantitative estimate of drug-likeness (QED) is 0.576. The highest BCUT2D eigenvalue weighted by Crippen LogP contribution is 2.04. The highest BCUT2D eigenvalue weighted by Gasteiger charge is 2.11. The Balaban J connectivity index is 0. The van der Waals surface area contributed by atoms with Gasteiger partial charge in [-0.05, 0) is 12.3 Å². The van der Waals surface area contributed by atoms with Gasteiger partial charge >= 0.3 is 11.9 Å². The number of hydrogen-bond donors (Lipinski definition) is 1. The molecule has 0 amide bonds. The van der Waals surface area contributed by atoms with Crippen LogP contribution in [0.2, 0.25) is 0 Å². The lowest BCUT2D eigenvalue weighted by Crippen LogP contribution is -2.12. The number of carbonyl (C=O) groups excluding carboxylic acids is 1. The van der Waals surface area contributed by atoms with Crippen LogP contribution in [0.1, 0.15) is 47.0 Å². The monoisotopic (exact) mass is 244 g/mol. The van der Waals surface area contributed by atoms with Crippen LogP contribution in [0, 0.1) is 5.92 Å². The molecule has 0 aromatic carbocycles. The Bertz CT molecular complexity index is 244. The Labute approximate surface area is 104 Å². The highest BCUT2D eigenvalue weighted by atomic mass is 16.5. The first kappa shape index (κ1) is 18.1. The van der Waals surface area contributed by atoms with E-state index in [9.17, 15) is 9.59 Å². The fourth-order valence-electron chi connectivity index (χ4n) is 0.744. The van der Waals surface area contributed by atoms with E-state index in [1.165, 1.54) is 6.42 Å². The summed E-state index contributed by atoms with van der Waals surface area (Å²) in [4.78, 5) is 21.3.